The average Bonchev–Trinajstić information content (AvgIpc) is 2.47. The highest BCUT2D eigenvalue weighted by Crippen LogP contribution is 2.19. The number of likely N-dealkylation sites (tertiary alicyclic amines) is 1. The lowest BCUT2D eigenvalue weighted by atomic mass is 9.99. The number of nitriles is 1. The van der Waals surface area contributed by atoms with Crippen molar-refractivity contribution < 1.29 is 5.11 Å². The van der Waals surface area contributed by atoms with Crippen molar-refractivity contribution >= 4 is 23.0 Å². The van der Waals surface area contributed by atoms with E-state index in [0.717, 1.165) is 31.6 Å². The molecule has 100 valence electrons. The van der Waals surface area contributed by atoms with Crippen molar-refractivity contribution in [1.82, 2.24) is 4.90 Å². The van der Waals surface area contributed by atoms with Crippen LogP contribution in [-0.2, 0) is 0 Å². The van der Waals surface area contributed by atoms with Gasteiger partial charge in [-0.3, -0.25) is 0 Å². The summed E-state index contributed by atoms with van der Waals surface area (Å²) in [5, 5.41) is 22.0. The van der Waals surface area contributed by atoms with E-state index in [0.29, 0.717) is 16.6 Å². The third-order valence-corrected chi connectivity index (χ3v) is 3.71. The van der Waals surface area contributed by atoms with Crippen LogP contribution in [-0.4, -0.2) is 34.8 Å². The Bertz CT molecular complexity index is 498. The molecule has 1 aromatic carbocycles. The Labute approximate surface area is 118 Å². The van der Waals surface area contributed by atoms with Crippen LogP contribution in [0.4, 0.5) is 5.69 Å². The first kappa shape index (κ1) is 13.8. The molecule has 1 saturated heterocycles. The number of hydrogen-bond acceptors (Lipinski definition) is 3. The minimum atomic E-state index is 0.202. The minimum Gasteiger partial charge on any atom is -0.396 e. The number of anilines is 1. The number of thiocarbonyl (C=S) groups is 1. The highest BCUT2D eigenvalue weighted by Gasteiger charge is 2.21. The van der Waals surface area contributed by atoms with E-state index in [4.69, 9.17) is 17.5 Å². The van der Waals surface area contributed by atoms with Crippen LogP contribution in [0.3, 0.4) is 0 Å². The van der Waals surface area contributed by atoms with Gasteiger partial charge in [0.25, 0.3) is 0 Å². The van der Waals surface area contributed by atoms with Crippen LogP contribution in [0, 0.1) is 17.2 Å². The fourth-order valence-electron chi connectivity index (χ4n) is 2.28. The van der Waals surface area contributed by atoms with Gasteiger partial charge >= 0.3 is 0 Å². The molecule has 0 spiro atoms. The van der Waals surface area contributed by atoms with Gasteiger partial charge in [0.15, 0.2) is 5.11 Å². The lowest BCUT2D eigenvalue weighted by molar-refractivity contribution is 0.162. The van der Waals surface area contributed by atoms with Crippen LogP contribution in [0.5, 0.6) is 0 Å². The molecule has 2 N–H and O–H groups in total. The van der Waals surface area contributed by atoms with E-state index in [1.165, 1.54) is 0 Å². The second kappa shape index (κ2) is 6.50. The zero-order chi connectivity index (χ0) is 13.7. The minimum absolute atomic E-state index is 0.202. The van der Waals surface area contributed by atoms with Crippen molar-refractivity contribution in [1.29, 1.82) is 5.26 Å². The summed E-state index contributed by atoms with van der Waals surface area (Å²) in [5.41, 5.74) is 1.32. The summed E-state index contributed by atoms with van der Waals surface area (Å²) in [6.45, 7) is 1.88. The molecule has 0 unspecified atom stereocenters. The first-order valence-electron chi connectivity index (χ1n) is 6.40. The summed E-state index contributed by atoms with van der Waals surface area (Å²) >= 11 is 5.39. The molecule has 1 aromatic rings. The Kier molecular flexibility index (Phi) is 4.72. The molecule has 0 radical (unpaired) electrons. The average molecular weight is 275 g/mol. The predicted octanol–water partition coefficient (Wildman–Crippen LogP) is 1.96. The van der Waals surface area contributed by atoms with Gasteiger partial charge in [-0.2, -0.15) is 5.26 Å². The third-order valence-electron chi connectivity index (χ3n) is 3.35. The van der Waals surface area contributed by atoms with Crippen LogP contribution >= 0.6 is 12.2 Å². The molecule has 1 atom stereocenters. The molecule has 0 aliphatic carbocycles. The fraction of sp³-hybridized carbons (Fsp3) is 0.429. The number of benzene rings is 1. The smallest absolute Gasteiger partial charge is 0.173 e. The molecule has 1 aliphatic rings. The van der Waals surface area contributed by atoms with Crippen LogP contribution in [0.25, 0.3) is 0 Å². The topological polar surface area (TPSA) is 59.3 Å². The number of aliphatic hydroxyl groups is 1. The van der Waals surface area contributed by atoms with E-state index in [1.807, 2.05) is 18.2 Å². The number of nitrogens with zero attached hydrogens (tertiary/aromatic N) is 2. The monoisotopic (exact) mass is 275 g/mol. The standard InChI is InChI=1S/C14H17N3OS/c15-8-12-5-1-2-6-13(12)16-14(19)17-7-3-4-11(9-17)10-18/h1-2,5-6,11,18H,3-4,7,9-10H2,(H,16,19)/t11-/m1/s1. The van der Waals surface area contributed by atoms with Crippen molar-refractivity contribution in [2.75, 3.05) is 25.0 Å². The molecule has 2 rings (SSSR count). The second-order valence-electron chi connectivity index (χ2n) is 4.72. The Morgan fingerprint density at radius 3 is 3.05 bits per heavy atom. The highest BCUT2D eigenvalue weighted by atomic mass is 32.1. The zero-order valence-corrected chi connectivity index (χ0v) is 11.5. The van der Waals surface area contributed by atoms with Crippen molar-refractivity contribution in [3.8, 4) is 6.07 Å². The lowest BCUT2D eigenvalue weighted by Crippen LogP contribution is -2.43. The summed E-state index contributed by atoms with van der Waals surface area (Å²) in [7, 11) is 0. The maximum absolute atomic E-state index is 9.23. The van der Waals surface area contributed by atoms with Gasteiger partial charge < -0.3 is 15.3 Å². The SMILES string of the molecule is N#Cc1ccccc1NC(=S)N1CCC[C@@H](CO)C1. The zero-order valence-electron chi connectivity index (χ0n) is 10.7. The van der Waals surface area contributed by atoms with E-state index < -0.39 is 0 Å². The fourth-order valence-corrected chi connectivity index (χ4v) is 2.56. The summed E-state index contributed by atoms with van der Waals surface area (Å²) in [6.07, 6.45) is 2.08. The van der Waals surface area contributed by atoms with Gasteiger partial charge in [-0.05, 0) is 43.1 Å². The summed E-state index contributed by atoms with van der Waals surface area (Å²) in [4.78, 5) is 2.06. The van der Waals surface area contributed by atoms with Crippen LogP contribution in [0.15, 0.2) is 24.3 Å². The summed E-state index contributed by atoms with van der Waals surface area (Å²) in [6, 6.07) is 9.45. The summed E-state index contributed by atoms with van der Waals surface area (Å²) < 4.78 is 0. The van der Waals surface area contributed by atoms with Gasteiger partial charge in [0.1, 0.15) is 6.07 Å². The number of para-hydroxylation sites is 1. The van der Waals surface area contributed by atoms with E-state index in [9.17, 15) is 5.11 Å². The van der Waals surface area contributed by atoms with Gasteiger partial charge in [-0.1, -0.05) is 12.1 Å². The first-order chi connectivity index (χ1) is 9.24. The van der Waals surface area contributed by atoms with Gasteiger partial charge in [-0.25, -0.2) is 0 Å². The number of nitrogens with one attached hydrogen (secondary N) is 1. The number of piperidine rings is 1. The molecule has 1 fully saturated rings. The third kappa shape index (κ3) is 3.43. The van der Waals surface area contributed by atoms with Crippen LogP contribution < -0.4 is 5.32 Å². The molecular weight excluding hydrogens is 258 g/mol. The van der Waals surface area contributed by atoms with E-state index in [-0.39, 0.29) is 6.61 Å². The molecule has 0 bridgehead atoms. The Morgan fingerprint density at radius 2 is 2.32 bits per heavy atom. The molecule has 5 heteroatoms. The van der Waals surface area contributed by atoms with Crippen molar-refractivity contribution in [3.05, 3.63) is 29.8 Å². The van der Waals surface area contributed by atoms with E-state index >= 15 is 0 Å². The normalized spacial score (nSPS) is 18.7. The van der Waals surface area contributed by atoms with Gasteiger partial charge in [-0.15, -0.1) is 0 Å². The predicted molar refractivity (Wildman–Crippen MR) is 78.8 cm³/mol. The highest BCUT2D eigenvalue weighted by molar-refractivity contribution is 7.80. The first-order valence-corrected chi connectivity index (χ1v) is 6.81. The van der Waals surface area contributed by atoms with Crippen molar-refractivity contribution in [2.45, 2.75) is 12.8 Å². The lowest BCUT2D eigenvalue weighted by Gasteiger charge is -2.33. The van der Waals surface area contributed by atoms with Gasteiger partial charge in [0.05, 0.1) is 11.3 Å². The quantitative estimate of drug-likeness (QED) is 0.808. The number of rotatable bonds is 2. The Hall–Kier alpha value is -1.64. The van der Waals surface area contributed by atoms with Gasteiger partial charge in [0, 0.05) is 19.7 Å². The van der Waals surface area contributed by atoms with Crippen molar-refractivity contribution in [3.63, 3.8) is 0 Å². The number of aliphatic hydroxyl groups excluding tert-OH is 1. The summed E-state index contributed by atoms with van der Waals surface area (Å²) in [5.74, 6) is 0.291. The molecule has 0 saturated carbocycles. The molecule has 0 amide bonds. The molecule has 1 heterocycles. The van der Waals surface area contributed by atoms with Gasteiger partial charge in [0.2, 0.25) is 0 Å². The largest absolute Gasteiger partial charge is 0.396 e. The molecular formula is C14H17N3OS. The maximum Gasteiger partial charge on any atom is 0.173 e. The second-order valence-corrected chi connectivity index (χ2v) is 5.11. The molecule has 4 nitrogen and oxygen atoms in total. The van der Waals surface area contributed by atoms with E-state index in [2.05, 4.69) is 16.3 Å². The number of hydrogen-bond donors (Lipinski definition) is 2. The van der Waals surface area contributed by atoms with E-state index in [1.54, 1.807) is 6.07 Å². The van der Waals surface area contributed by atoms with Crippen molar-refractivity contribution in [2.24, 2.45) is 5.92 Å². The Morgan fingerprint density at radius 1 is 1.53 bits per heavy atom. The Balaban J connectivity index is 2.03. The molecule has 0 aromatic heterocycles. The molecule has 1 aliphatic heterocycles. The van der Waals surface area contributed by atoms with Crippen LogP contribution in [0.2, 0.25) is 0 Å². The maximum atomic E-state index is 9.23. The van der Waals surface area contributed by atoms with Crippen LogP contribution in [0.1, 0.15) is 18.4 Å². The molecule has 19 heavy (non-hydrogen) atoms.